The van der Waals surface area contributed by atoms with Gasteiger partial charge in [-0.25, -0.2) is 0 Å². The summed E-state index contributed by atoms with van der Waals surface area (Å²) in [4.78, 5) is 14.4. The molecule has 31 heavy (non-hydrogen) atoms. The van der Waals surface area contributed by atoms with Crippen molar-refractivity contribution in [1.29, 1.82) is 5.26 Å². The third-order valence-corrected chi connectivity index (χ3v) is 5.80. The van der Waals surface area contributed by atoms with Gasteiger partial charge in [0.2, 0.25) is 0 Å². The van der Waals surface area contributed by atoms with Gasteiger partial charge in [-0.1, -0.05) is 29.8 Å². The molecule has 0 aromatic heterocycles. The predicted molar refractivity (Wildman–Crippen MR) is 111 cm³/mol. The Morgan fingerprint density at radius 2 is 1.84 bits per heavy atom. The second-order valence-electron chi connectivity index (χ2n) is 7.42. The third kappa shape index (κ3) is 3.68. The number of rotatable bonds is 2. The van der Waals surface area contributed by atoms with Crippen LogP contribution in [0.25, 0.3) is 0 Å². The van der Waals surface area contributed by atoms with Crippen molar-refractivity contribution in [1.82, 2.24) is 0 Å². The fourth-order valence-corrected chi connectivity index (χ4v) is 4.32. The van der Waals surface area contributed by atoms with Crippen molar-refractivity contribution in [3.05, 3.63) is 87.3 Å². The van der Waals surface area contributed by atoms with Crippen molar-refractivity contribution < 1.29 is 18.0 Å². The summed E-state index contributed by atoms with van der Waals surface area (Å²) < 4.78 is 39.9. The molecule has 0 saturated heterocycles. The van der Waals surface area contributed by atoms with E-state index < -0.39 is 17.7 Å². The minimum absolute atomic E-state index is 0.0234. The van der Waals surface area contributed by atoms with Crippen molar-refractivity contribution >= 4 is 23.1 Å². The van der Waals surface area contributed by atoms with Crippen LogP contribution < -0.4 is 10.6 Å². The summed E-state index contributed by atoms with van der Waals surface area (Å²) in [5.41, 5.74) is 7.43. The average molecular weight is 444 g/mol. The highest BCUT2D eigenvalue weighted by atomic mass is 35.5. The van der Waals surface area contributed by atoms with E-state index in [1.165, 1.54) is 17.0 Å². The van der Waals surface area contributed by atoms with Crippen LogP contribution in [0.1, 0.15) is 36.3 Å². The lowest BCUT2D eigenvalue weighted by Gasteiger charge is -2.39. The van der Waals surface area contributed by atoms with Crippen LogP contribution in [0.15, 0.2) is 71.2 Å². The van der Waals surface area contributed by atoms with Gasteiger partial charge in [0, 0.05) is 28.4 Å². The molecular weight excluding hydrogens is 427 g/mol. The molecular formula is C23H17ClF3N3O. The first-order valence-corrected chi connectivity index (χ1v) is 9.99. The van der Waals surface area contributed by atoms with E-state index in [2.05, 4.69) is 6.07 Å². The van der Waals surface area contributed by atoms with Gasteiger partial charge >= 0.3 is 6.18 Å². The van der Waals surface area contributed by atoms with E-state index in [0.29, 0.717) is 41.1 Å². The number of nitrogens with zero attached hydrogens (tertiary/aromatic N) is 2. The first-order chi connectivity index (χ1) is 14.7. The number of nitrogens with two attached hydrogens (primary N) is 1. The number of alkyl halides is 3. The van der Waals surface area contributed by atoms with Gasteiger partial charge in [-0.3, -0.25) is 9.69 Å². The molecule has 0 amide bonds. The van der Waals surface area contributed by atoms with Gasteiger partial charge in [-0.05, 0) is 48.7 Å². The zero-order chi connectivity index (χ0) is 22.3. The lowest BCUT2D eigenvalue weighted by atomic mass is 9.75. The summed E-state index contributed by atoms with van der Waals surface area (Å²) in [7, 11) is 0. The van der Waals surface area contributed by atoms with Gasteiger partial charge in [0.15, 0.2) is 5.78 Å². The van der Waals surface area contributed by atoms with Crippen LogP contribution in [0.2, 0.25) is 5.02 Å². The van der Waals surface area contributed by atoms with Crippen LogP contribution in [0.3, 0.4) is 0 Å². The number of hydrogen-bond acceptors (Lipinski definition) is 4. The molecule has 0 radical (unpaired) electrons. The summed E-state index contributed by atoms with van der Waals surface area (Å²) in [6.07, 6.45) is -3.22. The topological polar surface area (TPSA) is 70.1 Å². The Bertz CT molecular complexity index is 1160. The Labute approximate surface area is 182 Å². The first kappa shape index (κ1) is 21.0. The highest BCUT2D eigenvalue weighted by Gasteiger charge is 2.41. The molecule has 4 nitrogen and oxygen atoms in total. The molecule has 0 saturated carbocycles. The first-order valence-electron chi connectivity index (χ1n) is 9.61. The Kier molecular flexibility index (Phi) is 5.28. The standard InChI is InChI=1S/C23H17ClF3N3O/c24-15-9-7-13(8-10-15)20-17(12-28)22(29)30(18-5-2-6-19(31)21(18)20)16-4-1-3-14(11-16)23(25,26)27/h1,3-4,7-11,20H,2,5-6,29H2. The number of allylic oxidation sites excluding steroid dienone is 3. The molecule has 4 rings (SSSR count). The lowest BCUT2D eigenvalue weighted by molar-refractivity contribution is -0.137. The summed E-state index contributed by atoms with van der Waals surface area (Å²) in [5, 5.41) is 10.4. The molecule has 1 atom stereocenters. The predicted octanol–water partition coefficient (Wildman–Crippen LogP) is 5.66. The van der Waals surface area contributed by atoms with E-state index in [1.807, 2.05) is 0 Å². The number of anilines is 1. The molecule has 2 aromatic carbocycles. The zero-order valence-corrected chi connectivity index (χ0v) is 17.0. The van der Waals surface area contributed by atoms with Gasteiger partial charge in [0.1, 0.15) is 5.82 Å². The highest BCUT2D eigenvalue weighted by molar-refractivity contribution is 6.30. The molecule has 1 aliphatic carbocycles. The van der Waals surface area contributed by atoms with E-state index in [-0.39, 0.29) is 22.9 Å². The summed E-state index contributed by atoms with van der Waals surface area (Å²) in [6, 6.07) is 13.6. The normalized spacial score (nSPS) is 19.4. The van der Waals surface area contributed by atoms with E-state index in [9.17, 15) is 23.2 Å². The second-order valence-corrected chi connectivity index (χ2v) is 7.85. The molecule has 1 unspecified atom stereocenters. The van der Waals surface area contributed by atoms with Crippen molar-refractivity contribution in [3.8, 4) is 6.07 Å². The van der Waals surface area contributed by atoms with E-state index in [4.69, 9.17) is 17.3 Å². The van der Waals surface area contributed by atoms with Gasteiger partial charge in [0.05, 0.1) is 23.1 Å². The van der Waals surface area contributed by atoms with Crippen molar-refractivity contribution in [3.63, 3.8) is 0 Å². The van der Waals surface area contributed by atoms with E-state index in [1.54, 1.807) is 24.3 Å². The largest absolute Gasteiger partial charge is 0.416 e. The number of carbonyl (C=O) groups is 1. The Hall–Kier alpha value is -3.24. The number of Topliss-reactive ketones (excluding diaryl/α,β-unsaturated/α-hetero) is 1. The van der Waals surface area contributed by atoms with Gasteiger partial charge in [0.25, 0.3) is 0 Å². The SMILES string of the molecule is N#CC1=C(N)N(c2cccc(C(F)(F)F)c2)C2=C(C(=O)CCC2)C1c1ccc(Cl)cc1. The van der Waals surface area contributed by atoms with Crippen LogP contribution in [0, 0.1) is 11.3 Å². The maximum absolute atomic E-state index is 13.3. The van der Waals surface area contributed by atoms with Gasteiger partial charge in [-0.2, -0.15) is 18.4 Å². The Morgan fingerprint density at radius 3 is 2.48 bits per heavy atom. The van der Waals surface area contributed by atoms with E-state index >= 15 is 0 Å². The summed E-state index contributed by atoms with van der Waals surface area (Å²) >= 11 is 5.99. The average Bonchev–Trinajstić information content (AvgIpc) is 2.73. The summed E-state index contributed by atoms with van der Waals surface area (Å²) in [6.45, 7) is 0. The zero-order valence-electron chi connectivity index (χ0n) is 16.2. The number of nitriles is 1. The summed E-state index contributed by atoms with van der Waals surface area (Å²) in [5.74, 6) is -0.805. The van der Waals surface area contributed by atoms with Crippen molar-refractivity contribution in [2.45, 2.75) is 31.4 Å². The molecule has 1 heterocycles. The van der Waals surface area contributed by atoms with Gasteiger partial charge in [-0.15, -0.1) is 0 Å². The van der Waals surface area contributed by atoms with Crippen molar-refractivity contribution in [2.75, 3.05) is 4.90 Å². The maximum atomic E-state index is 13.3. The number of ketones is 1. The molecule has 0 bridgehead atoms. The molecule has 8 heteroatoms. The number of halogens is 4. The molecule has 2 aromatic rings. The van der Waals surface area contributed by atoms with Crippen LogP contribution in [-0.2, 0) is 11.0 Å². The smallest absolute Gasteiger partial charge is 0.384 e. The van der Waals surface area contributed by atoms with Crippen molar-refractivity contribution in [2.24, 2.45) is 5.73 Å². The van der Waals surface area contributed by atoms with Crippen LogP contribution in [0.5, 0.6) is 0 Å². The van der Waals surface area contributed by atoms with Crippen LogP contribution in [0.4, 0.5) is 18.9 Å². The molecule has 2 N–H and O–H groups in total. The van der Waals surface area contributed by atoms with Crippen LogP contribution in [-0.4, -0.2) is 5.78 Å². The molecule has 158 valence electrons. The lowest BCUT2D eigenvalue weighted by Crippen LogP contribution is -2.38. The molecule has 0 fully saturated rings. The second kappa shape index (κ2) is 7.78. The van der Waals surface area contributed by atoms with Crippen LogP contribution >= 0.6 is 11.6 Å². The minimum Gasteiger partial charge on any atom is -0.384 e. The number of benzene rings is 2. The molecule has 1 aliphatic heterocycles. The monoisotopic (exact) mass is 443 g/mol. The number of carbonyl (C=O) groups excluding carboxylic acids is 1. The minimum atomic E-state index is -4.53. The molecule has 0 spiro atoms. The Morgan fingerprint density at radius 1 is 1.13 bits per heavy atom. The quantitative estimate of drug-likeness (QED) is 0.649. The fraction of sp³-hybridized carbons (Fsp3) is 0.217. The van der Waals surface area contributed by atoms with Gasteiger partial charge < -0.3 is 5.73 Å². The maximum Gasteiger partial charge on any atom is 0.416 e. The highest BCUT2D eigenvalue weighted by Crippen LogP contribution is 2.46. The third-order valence-electron chi connectivity index (χ3n) is 5.55. The van der Waals surface area contributed by atoms with E-state index in [0.717, 1.165) is 12.1 Å². The molecule has 2 aliphatic rings. The fourth-order valence-electron chi connectivity index (χ4n) is 4.19. The Balaban J connectivity index is 1.94. The number of hydrogen-bond donors (Lipinski definition) is 1.